The van der Waals surface area contributed by atoms with Crippen molar-refractivity contribution in [2.24, 2.45) is 16.8 Å². The molecule has 0 aliphatic heterocycles. The first-order valence-electron chi connectivity index (χ1n) is 15.7. The van der Waals surface area contributed by atoms with E-state index in [2.05, 4.69) is 37.9 Å². The lowest BCUT2D eigenvalue weighted by atomic mass is 9.92. The van der Waals surface area contributed by atoms with Gasteiger partial charge in [-0.15, -0.1) is 0 Å². The standard InChI is InChI=1S/C33H46N8O7/c1-21(48-33(2,3)4)37-27(18-22-12-7-6-8-13-22)30(43)38-26(16-11-17-35-32(34)40-41(45)46)29(42)39-28(31(44)47-5)19-23-20-36-25-15-10-9-14-24(23)25/h6-10,12,14-15,20,22,26-28,36-37H,1,11,13,16-19H2,2-5H3,(H,38,43)(H,39,42)(H3,34,35,40)/t22?,26-,27+,28-/m0/s1. The van der Waals surface area contributed by atoms with Crippen molar-refractivity contribution >= 4 is 34.6 Å². The molecule has 2 amide bonds. The second kappa shape index (κ2) is 17.5. The number of nitrogens with zero attached hydrogens (tertiary/aromatic N) is 2. The number of methoxy groups -OCH3 is 1. The van der Waals surface area contributed by atoms with Crippen molar-refractivity contribution in [3.63, 3.8) is 0 Å². The van der Waals surface area contributed by atoms with E-state index in [0.29, 0.717) is 6.42 Å². The Morgan fingerprint density at radius 2 is 1.83 bits per heavy atom. The highest BCUT2D eigenvalue weighted by molar-refractivity contribution is 5.92. The topological polar surface area (TPSA) is 215 Å². The van der Waals surface area contributed by atoms with Crippen molar-refractivity contribution in [1.29, 1.82) is 0 Å². The minimum atomic E-state index is -1.11. The normalized spacial score (nSPS) is 16.3. The first-order chi connectivity index (χ1) is 22.8. The zero-order chi connectivity index (χ0) is 35.3. The van der Waals surface area contributed by atoms with Crippen LogP contribution in [0.25, 0.3) is 10.9 Å². The van der Waals surface area contributed by atoms with Crippen molar-refractivity contribution in [1.82, 2.24) is 26.3 Å². The van der Waals surface area contributed by atoms with E-state index in [1.54, 1.807) is 6.20 Å². The number of guanidine groups is 1. The number of esters is 1. The number of hydrazone groups is 1. The van der Waals surface area contributed by atoms with Crippen LogP contribution in [0.5, 0.6) is 0 Å². The van der Waals surface area contributed by atoms with Crippen LogP contribution in [0.3, 0.4) is 0 Å². The maximum Gasteiger partial charge on any atom is 0.328 e. The molecule has 0 saturated carbocycles. The van der Waals surface area contributed by atoms with Gasteiger partial charge in [0, 0.05) is 30.1 Å². The Morgan fingerprint density at radius 1 is 1.12 bits per heavy atom. The van der Waals surface area contributed by atoms with Crippen molar-refractivity contribution in [3.05, 3.63) is 82.9 Å². The van der Waals surface area contributed by atoms with Gasteiger partial charge in [0.15, 0.2) is 10.9 Å². The summed E-state index contributed by atoms with van der Waals surface area (Å²) in [6.45, 7) is 9.62. The van der Waals surface area contributed by atoms with Gasteiger partial charge in [-0.2, -0.15) is 0 Å². The molecule has 4 atom stereocenters. The molecule has 0 radical (unpaired) electrons. The quantitative estimate of drug-likeness (QED) is 0.0276. The summed E-state index contributed by atoms with van der Waals surface area (Å²) in [6, 6.07) is 4.58. The van der Waals surface area contributed by atoms with Crippen LogP contribution in [0, 0.1) is 16.0 Å². The van der Waals surface area contributed by atoms with Crippen LogP contribution in [-0.2, 0) is 30.3 Å². The molecule has 2 aromatic rings. The van der Waals surface area contributed by atoms with E-state index < -0.39 is 52.5 Å². The minimum Gasteiger partial charge on any atom is -0.474 e. The highest BCUT2D eigenvalue weighted by Gasteiger charge is 2.31. The van der Waals surface area contributed by atoms with Crippen LogP contribution in [0.1, 0.15) is 52.0 Å². The smallest absolute Gasteiger partial charge is 0.328 e. The Labute approximate surface area is 279 Å². The molecule has 3 rings (SSSR count). The number of amides is 2. The number of carbonyl (C=O) groups excluding carboxylic acids is 3. The van der Waals surface area contributed by atoms with Crippen LogP contribution in [0.15, 0.2) is 72.3 Å². The molecule has 15 nitrogen and oxygen atoms in total. The molecule has 1 heterocycles. The second-order valence-corrected chi connectivity index (χ2v) is 12.4. The van der Waals surface area contributed by atoms with Gasteiger partial charge in [0.2, 0.25) is 11.8 Å². The van der Waals surface area contributed by atoms with E-state index in [1.165, 1.54) is 7.11 Å². The van der Waals surface area contributed by atoms with E-state index in [1.807, 2.05) is 69.3 Å². The molecule has 260 valence electrons. The molecule has 0 saturated heterocycles. The fourth-order valence-corrected chi connectivity index (χ4v) is 5.25. The number of aromatic nitrogens is 1. The molecule has 0 spiro atoms. The fourth-order valence-electron chi connectivity index (χ4n) is 5.25. The number of nitrogens with two attached hydrogens (primary N) is 1. The van der Waals surface area contributed by atoms with Crippen LogP contribution >= 0.6 is 0 Å². The van der Waals surface area contributed by atoms with Crippen molar-refractivity contribution in [2.75, 3.05) is 13.7 Å². The summed E-state index contributed by atoms with van der Waals surface area (Å²) in [7, 11) is 1.23. The van der Waals surface area contributed by atoms with Gasteiger partial charge in [-0.25, -0.2) is 14.9 Å². The highest BCUT2D eigenvalue weighted by atomic mass is 16.7. The van der Waals surface area contributed by atoms with Gasteiger partial charge in [-0.1, -0.05) is 42.5 Å². The summed E-state index contributed by atoms with van der Waals surface area (Å²) in [5, 5.41) is 24.9. The first-order valence-corrected chi connectivity index (χ1v) is 15.7. The first kappa shape index (κ1) is 37.1. The predicted molar refractivity (Wildman–Crippen MR) is 182 cm³/mol. The zero-order valence-electron chi connectivity index (χ0n) is 27.8. The van der Waals surface area contributed by atoms with Crippen LogP contribution in [-0.4, -0.2) is 71.1 Å². The summed E-state index contributed by atoms with van der Waals surface area (Å²) >= 11 is 0. The van der Waals surface area contributed by atoms with Crippen molar-refractivity contribution < 1.29 is 28.9 Å². The zero-order valence-corrected chi connectivity index (χ0v) is 27.8. The number of allylic oxidation sites excluding steroid dienone is 4. The summed E-state index contributed by atoms with van der Waals surface area (Å²) in [4.78, 5) is 54.3. The van der Waals surface area contributed by atoms with Gasteiger partial charge in [0.05, 0.1) is 7.11 Å². The number of fused-ring (bicyclic) bond motifs is 1. The number of aromatic amines is 1. The van der Waals surface area contributed by atoms with Gasteiger partial charge >= 0.3 is 5.97 Å². The molecule has 0 bridgehead atoms. The van der Waals surface area contributed by atoms with E-state index in [9.17, 15) is 24.5 Å². The van der Waals surface area contributed by atoms with E-state index in [0.717, 1.165) is 22.9 Å². The molecule has 15 heteroatoms. The maximum absolute atomic E-state index is 13.9. The molecule has 1 unspecified atom stereocenters. The number of rotatable bonds is 17. The number of nitro groups is 1. The predicted octanol–water partition coefficient (Wildman–Crippen LogP) is 2.50. The molecule has 1 aliphatic rings. The molecular formula is C33H46N8O7. The van der Waals surface area contributed by atoms with Crippen LogP contribution in [0.2, 0.25) is 0 Å². The molecule has 1 aliphatic carbocycles. The molecule has 1 aromatic heterocycles. The summed E-state index contributed by atoms with van der Waals surface area (Å²) in [6.07, 6.45) is 11.2. The Kier molecular flexibility index (Phi) is 13.6. The summed E-state index contributed by atoms with van der Waals surface area (Å²) in [5.74, 6) is -1.91. The van der Waals surface area contributed by atoms with Crippen LogP contribution < -0.4 is 27.0 Å². The van der Waals surface area contributed by atoms with Gasteiger partial charge in [0.25, 0.3) is 5.96 Å². The van der Waals surface area contributed by atoms with Gasteiger partial charge in [-0.3, -0.25) is 9.59 Å². The molecule has 1 aromatic carbocycles. The number of hydrogen-bond acceptors (Lipinski definition) is 8. The average molecular weight is 667 g/mol. The van der Waals surface area contributed by atoms with Gasteiger partial charge in [-0.05, 0) is 70.6 Å². The molecule has 7 N–H and O–H groups in total. The number of nitrogens with one attached hydrogen (secondary N) is 5. The Balaban J connectivity index is 1.82. The Hall–Kier alpha value is -5.34. The Morgan fingerprint density at radius 3 is 2.50 bits per heavy atom. The summed E-state index contributed by atoms with van der Waals surface area (Å²) in [5.41, 5.74) is 6.63. The SMILES string of the molecule is C=C(N[C@H](CC1C=CC=CC1)C(=O)N[C@@H](CCCN/C(N)=N/[N+](=O)[O-])C(=O)N[C@@H](Cc1c[nH]c2ccccc12)C(=O)OC)OC(C)(C)C. The monoisotopic (exact) mass is 666 g/mol. The largest absolute Gasteiger partial charge is 0.474 e. The fraction of sp³-hybridized carbons (Fsp3) is 0.455. The number of carbonyl (C=O) groups is 3. The number of H-pyrrole nitrogens is 1. The van der Waals surface area contributed by atoms with Crippen molar-refractivity contribution in [2.45, 2.75) is 76.6 Å². The molecule has 0 fully saturated rings. The van der Waals surface area contributed by atoms with E-state index >= 15 is 0 Å². The summed E-state index contributed by atoms with van der Waals surface area (Å²) < 4.78 is 10.8. The number of hydrogen-bond donors (Lipinski definition) is 6. The second-order valence-electron chi connectivity index (χ2n) is 12.4. The number of benzene rings is 1. The van der Waals surface area contributed by atoms with E-state index in [-0.39, 0.29) is 37.6 Å². The highest BCUT2D eigenvalue weighted by Crippen LogP contribution is 2.21. The third-order valence-corrected chi connectivity index (χ3v) is 7.39. The Bertz CT molecular complexity index is 1540. The average Bonchev–Trinajstić information content (AvgIpc) is 3.43. The molecule has 48 heavy (non-hydrogen) atoms. The van der Waals surface area contributed by atoms with Gasteiger partial charge < -0.3 is 41.5 Å². The third-order valence-electron chi connectivity index (χ3n) is 7.39. The van der Waals surface area contributed by atoms with Crippen molar-refractivity contribution in [3.8, 4) is 0 Å². The van der Waals surface area contributed by atoms with Gasteiger partial charge in [0.1, 0.15) is 28.8 Å². The molecular weight excluding hydrogens is 620 g/mol. The minimum absolute atomic E-state index is 0.0425. The van der Waals surface area contributed by atoms with E-state index in [4.69, 9.17) is 15.2 Å². The van der Waals surface area contributed by atoms with Crippen LogP contribution in [0.4, 0.5) is 0 Å². The lowest BCUT2D eigenvalue weighted by Crippen LogP contribution is -2.56. The lowest BCUT2D eigenvalue weighted by molar-refractivity contribution is -0.485. The lowest BCUT2D eigenvalue weighted by Gasteiger charge is -2.29. The maximum atomic E-state index is 13.9. The third kappa shape index (κ3) is 12.1. The number of ether oxygens (including phenoxy) is 2. The number of para-hydroxylation sites is 1.